The minimum atomic E-state index is -2.58. The van der Waals surface area contributed by atoms with E-state index >= 15 is 0 Å². The van der Waals surface area contributed by atoms with Gasteiger partial charge in [0.2, 0.25) is 0 Å². The molecule has 0 radical (unpaired) electrons. The highest BCUT2D eigenvalue weighted by Gasteiger charge is 2.13. The van der Waals surface area contributed by atoms with Gasteiger partial charge in [0.1, 0.15) is 5.82 Å². The van der Waals surface area contributed by atoms with Crippen molar-refractivity contribution >= 4 is 10.9 Å². The van der Waals surface area contributed by atoms with E-state index in [1.807, 2.05) is 0 Å². The van der Waals surface area contributed by atoms with Crippen LogP contribution in [0.2, 0.25) is 0 Å². The van der Waals surface area contributed by atoms with E-state index < -0.39 is 12.2 Å². The van der Waals surface area contributed by atoms with Crippen LogP contribution in [0, 0.1) is 5.82 Å². The number of aromatic amines is 1. The van der Waals surface area contributed by atoms with E-state index in [-0.39, 0.29) is 16.5 Å². The van der Waals surface area contributed by atoms with Crippen molar-refractivity contribution in [1.29, 1.82) is 0 Å². The zero-order chi connectivity index (χ0) is 9.42. The molecule has 0 amide bonds. The van der Waals surface area contributed by atoms with Crippen LogP contribution in [0.3, 0.4) is 0 Å². The summed E-state index contributed by atoms with van der Waals surface area (Å²) < 4.78 is 37.7. The van der Waals surface area contributed by atoms with Crippen LogP contribution < -0.4 is 0 Å². The Morgan fingerprint density at radius 1 is 1.15 bits per heavy atom. The second-order valence-electron chi connectivity index (χ2n) is 2.70. The highest BCUT2D eigenvalue weighted by atomic mass is 19.3. The standard InChI is InChI=1S/C9H6F3N/c10-7-2-1-6(9(11)12)8-5(7)3-4-13-8/h1-4,9,13H. The molecule has 0 saturated carbocycles. The second kappa shape index (κ2) is 2.80. The molecule has 0 aliphatic rings. The zero-order valence-electron chi connectivity index (χ0n) is 6.52. The van der Waals surface area contributed by atoms with E-state index in [2.05, 4.69) is 4.98 Å². The molecule has 2 rings (SSSR count). The summed E-state index contributed by atoms with van der Waals surface area (Å²) in [6, 6.07) is 3.59. The molecule has 1 aromatic heterocycles. The molecule has 13 heavy (non-hydrogen) atoms. The zero-order valence-corrected chi connectivity index (χ0v) is 6.52. The molecule has 0 spiro atoms. The summed E-state index contributed by atoms with van der Waals surface area (Å²) in [6.45, 7) is 0. The van der Waals surface area contributed by atoms with Gasteiger partial charge in [0.05, 0.1) is 5.52 Å². The molecule has 0 bridgehead atoms. The number of halogens is 3. The van der Waals surface area contributed by atoms with Gasteiger partial charge in [-0.15, -0.1) is 0 Å². The Hall–Kier alpha value is -1.45. The third-order valence-corrected chi connectivity index (χ3v) is 1.94. The van der Waals surface area contributed by atoms with E-state index in [1.165, 1.54) is 12.3 Å². The molecule has 68 valence electrons. The van der Waals surface area contributed by atoms with E-state index in [0.717, 1.165) is 12.1 Å². The maximum absolute atomic E-state index is 13.0. The van der Waals surface area contributed by atoms with Gasteiger partial charge < -0.3 is 4.98 Å². The minimum Gasteiger partial charge on any atom is -0.361 e. The lowest BCUT2D eigenvalue weighted by Gasteiger charge is -2.01. The lowest BCUT2D eigenvalue weighted by atomic mass is 10.1. The van der Waals surface area contributed by atoms with Crippen molar-refractivity contribution in [3.8, 4) is 0 Å². The van der Waals surface area contributed by atoms with Crippen LogP contribution in [-0.2, 0) is 0 Å². The molecule has 4 heteroatoms. The molecular formula is C9H6F3N. The normalized spacial score (nSPS) is 11.4. The number of benzene rings is 1. The predicted octanol–water partition coefficient (Wildman–Crippen LogP) is 3.24. The molecular weight excluding hydrogens is 179 g/mol. The van der Waals surface area contributed by atoms with Crippen LogP contribution in [0.4, 0.5) is 13.2 Å². The first-order chi connectivity index (χ1) is 6.20. The van der Waals surface area contributed by atoms with Crippen LogP contribution >= 0.6 is 0 Å². The summed E-state index contributed by atoms with van der Waals surface area (Å²) in [5.41, 5.74) is 0.0106. The first-order valence-corrected chi connectivity index (χ1v) is 3.74. The molecule has 0 aliphatic heterocycles. The fourth-order valence-corrected chi connectivity index (χ4v) is 1.33. The lowest BCUT2D eigenvalue weighted by molar-refractivity contribution is 0.153. The number of nitrogens with one attached hydrogen (secondary N) is 1. The fraction of sp³-hybridized carbons (Fsp3) is 0.111. The Labute approximate surface area is 72.2 Å². The number of alkyl halides is 2. The monoisotopic (exact) mass is 185 g/mol. The molecule has 1 heterocycles. The topological polar surface area (TPSA) is 15.8 Å². The van der Waals surface area contributed by atoms with Crippen molar-refractivity contribution in [2.75, 3.05) is 0 Å². The van der Waals surface area contributed by atoms with Crippen LogP contribution in [0.25, 0.3) is 10.9 Å². The van der Waals surface area contributed by atoms with Crippen molar-refractivity contribution in [1.82, 2.24) is 4.98 Å². The smallest absolute Gasteiger partial charge is 0.265 e. The molecule has 0 aliphatic carbocycles. The molecule has 1 aromatic carbocycles. The maximum atomic E-state index is 13.0. The first kappa shape index (κ1) is 8.16. The highest BCUT2D eigenvalue weighted by molar-refractivity contribution is 5.83. The third kappa shape index (κ3) is 1.18. The fourth-order valence-electron chi connectivity index (χ4n) is 1.33. The van der Waals surface area contributed by atoms with E-state index in [0.29, 0.717) is 0 Å². The summed E-state index contributed by atoms with van der Waals surface area (Å²) in [7, 11) is 0. The summed E-state index contributed by atoms with van der Waals surface area (Å²) in [4.78, 5) is 2.59. The molecule has 0 saturated heterocycles. The highest BCUT2D eigenvalue weighted by Crippen LogP contribution is 2.27. The Bertz CT molecular complexity index is 433. The summed E-state index contributed by atoms with van der Waals surface area (Å²) >= 11 is 0. The average molecular weight is 185 g/mol. The van der Waals surface area contributed by atoms with Gasteiger partial charge in [-0.2, -0.15) is 0 Å². The van der Waals surface area contributed by atoms with Crippen molar-refractivity contribution in [2.24, 2.45) is 0 Å². The Balaban J connectivity index is 2.78. The van der Waals surface area contributed by atoms with Gasteiger partial charge in [0, 0.05) is 17.1 Å². The number of aromatic nitrogens is 1. The van der Waals surface area contributed by atoms with Gasteiger partial charge in [-0.25, -0.2) is 13.2 Å². The average Bonchev–Trinajstić information content (AvgIpc) is 2.53. The molecule has 1 N–H and O–H groups in total. The SMILES string of the molecule is Fc1ccc(C(F)F)c2[nH]ccc12. The van der Waals surface area contributed by atoms with Crippen molar-refractivity contribution in [3.63, 3.8) is 0 Å². The Kier molecular flexibility index (Phi) is 1.76. The number of rotatable bonds is 1. The summed E-state index contributed by atoms with van der Waals surface area (Å²) in [6.07, 6.45) is -1.14. The quantitative estimate of drug-likeness (QED) is 0.701. The van der Waals surface area contributed by atoms with Crippen LogP contribution in [0.5, 0.6) is 0 Å². The summed E-state index contributed by atoms with van der Waals surface area (Å²) in [5, 5.41) is 0.206. The number of H-pyrrole nitrogens is 1. The first-order valence-electron chi connectivity index (χ1n) is 3.74. The van der Waals surface area contributed by atoms with Crippen LogP contribution in [0.15, 0.2) is 24.4 Å². The minimum absolute atomic E-state index is 0.165. The molecule has 2 aromatic rings. The molecule has 0 unspecified atom stereocenters. The van der Waals surface area contributed by atoms with Gasteiger partial charge in [-0.1, -0.05) is 0 Å². The Morgan fingerprint density at radius 2 is 1.92 bits per heavy atom. The molecule has 0 atom stereocenters. The van der Waals surface area contributed by atoms with Gasteiger partial charge in [-0.05, 0) is 18.2 Å². The summed E-state index contributed by atoms with van der Waals surface area (Å²) in [5.74, 6) is -0.486. The number of hydrogen-bond donors (Lipinski definition) is 1. The number of hydrogen-bond acceptors (Lipinski definition) is 0. The van der Waals surface area contributed by atoms with E-state index in [9.17, 15) is 13.2 Å². The molecule has 1 nitrogen and oxygen atoms in total. The van der Waals surface area contributed by atoms with Crippen molar-refractivity contribution in [3.05, 3.63) is 35.8 Å². The van der Waals surface area contributed by atoms with Crippen molar-refractivity contribution < 1.29 is 13.2 Å². The predicted molar refractivity (Wildman–Crippen MR) is 43.2 cm³/mol. The largest absolute Gasteiger partial charge is 0.361 e. The van der Waals surface area contributed by atoms with Gasteiger partial charge >= 0.3 is 0 Å². The number of fused-ring (bicyclic) bond motifs is 1. The van der Waals surface area contributed by atoms with E-state index in [1.54, 1.807) is 0 Å². The van der Waals surface area contributed by atoms with Crippen LogP contribution in [0.1, 0.15) is 12.0 Å². The Morgan fingerprint density at radius 3 is 2.62 bits per heavy atom. The van der Waals surface area contributed by atoms with Gasteiger partial charge in [0.25, 0.3) is 6.43 Å². The lowest BCUT2D eigenvalue weighted by Crippen LogP contribution is -1.87. The van der Waals surface area contributed by atoms with E-state index in [4.69, 9.17) is 0 Å². The van der Waals surface area contributed by atoms with Crippen LogP contribution in [-0.4, -0.2) is 4.98 Å². The third-order valence-electron chi connectivity index (χ3n) is 1.94. The second-order valence-corrected chi connectivity index (χ2v) is 2.70. The van der Waals surface area contributed by atoms with Gasteiger partial charge in [-0.3, -0.25) is 0 Å². The van der Waals surface area contributed by atoms with Crippen molar-refractivity contribution in [2.45, 2.75) is 6.43 Å². The molecule has 0 fully saturated rings. The maximum Gasteiger partial charge on any atom is 0.265 e. The van der Waals surface area contributed by atoms with Gasteiger partial charge in [0.15, 0.2) is 0 Å².